The summed E-state index contributed by atoms with van der Waals surface area (Å²) in [5.74, 6) is -3.00. The van der Waals surface area contributed by atoms with Gasteiger partial charge in [0.05, 0.1) is 12.6 Å². The zero-order chi connectivity index (χ0) is 24.2. The van der Waals surface area contributed by atoms with E-state index in [1.165, 1.54) is 7.11 Å². The standard InChI is InChI=1S/C21H18F4N4O4/c1-11-4-3-5-14(26-11)19-27-15(9-18(30)29-19)20(31)28-16(10-32-2)12-6-7-17(13(22)8-12)33-21(23,24)25/h3-9,16H,10H2,1-2H3,(H,28,31)(H,27,29,30). The number of hydrogen-bond acceptors (Lipinski definition) is 6. The molecule has 0 fully saturated rings. The molecule has 12 heteroatoms. The zero-order valence-corrected chi connectivity index (χ0v) is 17.4. The summed E-state index contributed by atoms with van der Waals surface area (Å²) >= 11 is 0. The van der Waals surface area contributed by atoms with Gasteiger partial charge in [-0.3, -0.25) is 9.59 Å². The molecule has 0 spiro atoms. The number of benzene rings is 1. The minimum atomic E-state index is -5.06. The average Bonchev–Trinajstić information content (AvgIpc) is 2.73. The van der Waals surface area contributed by atoms with Gasteiger partial charge in [0.1, 0.15) is 11.4 Å². The first-order valence-electron chi connectivity index (χ1n) is 9.46. The maximum absolute atomic E-state index is 14.1. The second kappa shape index (κ2) is 9.77. The maximum atomic E-state index is 14.1. The van der Waals surface area contributed by atoms with Gasteiger partial charge < -0.3 is 19.8 Å². The molecule has 2 heterocycles. The number of hydrogen-bond donors (Lipinski definition) is 2. The van der Waals surface area contributed by atoms with E-state index in [1.807, 2.05) is 0 Å². The quantitative estimate of drug-likeness (QED) is 0.518. The van der Waals surface area contributed by atoms with Crippen molar-refractivity contribution < 1.29 is 31.8 Å². The monoisotopic (exact) mass is 466 g/mol. The largest absolute Gasteiger partial charge is 0.573 e. The number of pyridine rings is 1. The van der Waals surface area contributed by atoms with Gasteiger partial charge in [-0.2, -0.15) is 0 Å². The molecule has 1 unspecified atom stereocenters. The van der Waals surface area contributed by atoms with Crippen LogP contribution in [0.4, 0.5) is 17.6 Å². The average molecular weight is 466 g/mol. The number of nitrogens with zero attached hydrogens (tertiary/aromatic N) is 2. The summed E-state index contributed by atoms with van der Waals surface area (Å²) in [5, 5.41) is 2.53. The maximum Gasteiger partial charge on any atom is 0.573 e. The van der Waals surface area contributed by atoms with E-state index in [-0.39, 0.29) is 23.7 Å². The van der Waals surface area contributed by atoms with Crippen LogP contribution in [0, 0.1) is 12.7 Å². The van der Waals surface area contributed by atoms with Gasteiger partial charge in [0.15, 0.2) is 17.4 Å². The highest BCUT2D eigenvalue weighted by Gasteiger charge is 2.32. The van der Waals surface area contributed by atoms with Crippen molar-refractivity contribution in [1.82, 2.24) is 20.3 Å². The normalized spacial score (nSPS) is 12.3. The van der Waals surface area contributed by atoms with Crippen molar-refractivity contribution >= 4 is 5.91 Å². The number of nitrogens with one attached hydrogen (secondary N) is 2. The predicted octanol–water partition coefficient (Wildman–Crippen LogP) is 3.30. The van der Waals surface area contributed by atoms with Crippen LogP contribution in [0.5, 0.6) is 5.75 Å². The lowest BCUT2D eigenvalue weighted by Crippen LogP contribution is -2.33. The third-order valence-corrected chi connectivity index (χ3v) is 4.33. The summed E-state index contributed by atoms with van der Waals surface area (Å²) in [6.45, 7) is 1.61. The molecular weight excluding hydrogens is 448 g/mol. The highest BCUT2D eigenvalue weighted by molar-refractivity contribution is 5.92. The van der Waals surface area contributed by atoms with Crippen LogP contribution in [0.25, 0.3) is 11.5 Å². The molecule has 0 aliphatic heterocycles. The van der Waals surface area contributed by atoms with Crippen LogP contribution in [-0.2, 0) is 4.74 Å². The Bertz CT molecular complexity index is 1210. The molecule has 0 saturated carbocycles. The highest BCUT2D eigenvalue weighted by atomic mass is 19.4. The molecule has 3 aromatic rings. The highest BCUT2D eigenvalue weighted by Crippen LogP contribution is 2.28. The number of aryl methyl sites for hydroxylation is 1. The number of H-pyrrole nitrogens is 1. The van der Waals surface area contributed by atoms with E-state index in [1.54, 1.807) is 25.1 Å². The van der Waals surface area contributed by atoms with Crippen molar-refractivity contribution in [2.24, 2.45) is 0 Å². The van der Waals surface area contributed by atoms with Crippen molar-refractivity contribution in [3.05, 3.63) is 75.6 Å². The van der Waals surface area contributed by atoms with Crippen LogP contribution in [-0.4, -0.2) is 40.9 Å². The Morgan fingerprint density at radius 3 is 2.58 bits per heavy atom. The van der Waals surface area contributed by atoms with E-state index in [4.69, 9.17) is 4.74 Å². The number of ether oxygens (including phenoxy) is 2. The van der Waals surface area contributed by atoms with Crippen molar-refractivity contribution in [3.63, 3.8) is 0 Å². The fraction of sp³-hybridized carbons (Fsp3) is 0.238. The number of carbonyl (C=O) groups is 1. The van der Waals surface area contributed by atoms with Crippen molar-refractivity contribution in [1.29, 1.82) is 0 Å². The molecule has 0 aliphatic carbocycles. The molecule has 174 valence electrons. The van der Waals surface area contributed by atoms with E-state index in [0.29, 0.717) is 11.4 Å². The first-order chi connectivity index (χ1) is 15.6. The lowest BCUT2D eigenvalue weighted by Gasteiger charge is -2.19. The molecule has 1 atom stereocenters. The molecular formula is C21H18F4N4O4. The minimum Gasteiger partial charge on any atom is -0.403 e. The Kier molecular flexibility index (Phi) is 7.07. The number of carbonyl (C=O) groups excluding carboxylic acids is 1. The molecule has 1 amide bonds. The molecule has 0 bridgehead atoms. The Balaban J connectivity index is 1.87. The van der Waals surface area contributed by atoms with E-state index < -0.39 is 35.4 Å². The van der Waals surface area contributed by atoms with Gasteiger partial charge in [0.25, 0.3) is 11.5 Å². The number of methoxy groups -OCH3 is 1. The van der Waals surface area contributed by atoms with Crippen molar-refractivity contribution in [2.75, 3.05) is 13.7 Å². The Morgan fingerprint density at radius 2 is 1.94 bits per heavy atom. The van der Waals surface area contributed by atoms with Crippen LogP contribution < -0.4 is 15.6 Å². The summed E-state index contributed by atoms with van der Waals surface area (Å²) in [5.41, 5.74) is 0.289. The van der Waals surface area contributed by atoms with Crippen LogP contribution in [0.3, 0.4) is 0 Å². The van der Waals surface area contributed by atoms with Crippen molar-refractivity contribution in [2.45, 2.75) is 19.3 Å². The van der Waals surface area contributed by atoms with Gasteiger partial charge in [-0.25, -0.2) is 14.4 Å². The fourth-order valence-corrected chi connectivity index (χ4v) is 2.93. The van der Waals surface area contributed by atoms with Gasteiger partial charge in [-0.15, -0.1) is 13.2 Å². The summed E-state index contributed by atoms with van der Waals surface area (Å²) in [7, 11) is 1.32. The molecule has 2 N–H and O–H groups in total. The number of halogens is 4. The van der Waals surface area contributed by atoms with Crippen LogP contribution >= 0.6 is 0 Å². The molecule has 8 nitrogen and oxygen atoms in total. The number of amides is 1. The molecule has 3 rings (SSSR count). The predicted molar refractivity (Wildman–Crippen MR) is 108 cm³/mol. The number of aromatic amines is 1. The van der Waals surface area contributed by atoms with Crippen LogP contribution in [0.1, 0.15) is 27.8 Å². The summed E-state index contributed by atoms with van der Waals surface area (Å²) < 4.78 is 59.9. The van der Waals surface area contributed by atoms with Gasteiger partial charge in [-0.1, -0.05) is 12.1 Å². The second-order valence-corrected chi connectivity index (χ2v) is 6.86. The molecule has 2 aromatic heterocycles. The lowest BCUT2D eigenvalue weighted by atomic mass is 10.1. The topological polar surface area (TPSA) is 106 Å². The number of alkyl halides is 3. The molecule has 0 saturated heterocycles. The van der Waals surface area contributed by atoms with E-state index >= 15 is 0 Å². The molecule has 33 heavy (non-hydrogen) atoms. The van der Waals surface area contributed by atoms with Crippen molar-refractivity contribution in [3.8, 4) is 17.3 Å². The Labute approximate surface area is 184 Å². The number of aromatic nitrogens is 3. The number of rotatable bonds is 7. The van der Waals surface area contributed by atoms with E-state index in [0.717, 1.165) is 24.3 Å². The minimum absolute atomic E-state index is 0.0688. The smallest absolute Gasteiger partial charge is 0.403 e. The van der Waals surface area contributed by atoms with Gasteiger partial charge in [0, 0.05) is 18.9 Å². The second-order valence-electron chi connectivity index (χ2n) is 6.86. The summed E-state index contributed by atoms with van der Waals surface area (Å²) in [4.78, 5) is 35.7. The molecule has 0 aliphatic rings. The summed E-state index contributed by atoms with van der Waals surface area (Å²) in [6.07, 6.45) is -5.06. The van der Waals surface area contributed by atoms with E-state index in [9.17, 15) is 27.2 Å². The third-order valence-electron chi connectivity index (χ3n) is 4.33. The molecule has 1 aromatic carbocycles. The lowest BCUT2D eigenvalue weighted by molar-refractivity contribution is -0.275. The van der Waals surface area contributed by atoms with Crippen LogP contribution in [0.2, 0.25) is 0 Å². The first-order valence-corrected chi connectivity index (χ1v) is 9.46. The van der Waals surface area contributed by atoms with Gasteiger partial charge in [-0.05, 0) is 36.8 Å². The third kappa shape index (κ3) is 6.35. The Morgan fingerprint density at radius 1 is 1.18 bits per heavy atom. The molecule has 0 radical (unpaired) electrons. The van der Waals surface area contributed by atoms with Crippen LogP contribution in [0.15, 0.2) is 47.3 Å². The van der Waals surface area contributed by atoms with Gasteiger partial charge >= 0.3 is 6.36 Å². The SMILES string of the molecule is COCC(NC(=O)c1cc(=O)[nH]c(-c2cccc(C)n2)n1)c1ccc(OC(F)(F)F)c(F)c1. The Hall–Kier alpha value is -3.80. The first kappa shape index (κ1) is 23.9. The summed E-state index contributed by atoms with van der Waals surface area (Å²) in [6, 6.07) is 7.81. The zero-order valence-electron chi connectivity index (χ0n) is 17.4. The van der Waals surface area contributed by atoms with Gasteiger partial charge in [0.2, 0.25) is 0 Å². The fourth-order valence-electron chi connectivity index (χ4n) is 2.93. The van der Waals surface area contributed by atoms with E-state index in [2.05, 4.69) is 25.0 Å².